The Kier molecular flexibility index (Phi) is 4.57. The summed E-state index contributed by atoms with van der Waals surface area (Å²) in [6.45, 7) is 6.90. The lowest BCUT2D eigenvalue weighted by atomic mass is 10.1. The monoisotopic (exact) mass is 288 g/mol. The Hall–Kier alpha value is -2.37. The molecule has 6 heteroatoms. The third kappa shape index (κ3) is 4.05. The van der Waals surface area contributed by atoms with Crippen LogP contribution in [0.5, 0.6) is 0 Å². The molecule has 2 rings (SSSR count). The van der Waals surface area contributed by atoms with Crippen molar-refractivity contribution in [2.75, 3.05) is 5.73 Å². The van der Waals surface area contributed by atoms with Crippen LogP contribution in [0.25, 0.3) is 0 Å². The van der Waals surface area contributed by atoms with Gasteiger partial charge in [0.2, 0.25) is 0 Å². The largest absolute Gasteiger partial charge is 0.454 e. The summed E-state index contributed by atoms with van der Waals surface area (Å²) in [5, 5.41) is 4.13. The van der Waals surface area contributed by atoms with Crippen LogP contribution in [0, 0.1) is 12.8 Å². The van der Waals surface area contributed by atoms with Crippen LogP contribution in [0.4, 0.5) is 5.69 Å². The van der Waals surface area contributed by atoms with Gasteiger partial charge in [0.05, 0.1) is 5.56 Å². The number of nitrogens with zero attached hydrogens (tertiary/aromatic N) is 3. The van der Waals surface area contributed by atoms with E-state index in [0.717, 1.165) is 12.1 Å². The van der Waals surface area contributed by atoms with Gasteiger partial charge in [0, 0.05) is 12.2 Å². The molecule has 0 aliphatic carbocycles. The first kappa shape index (κ1) is 15.0. The standard InChI is InChI=1S/C15H20N4O2/c1-10(2)7-19-14(17-9-18-19)8-21-15(20)12-4-11(3)5-13(16)6-12/h4-6,9-10H,7-8,16H2,1-3H3. The molecular formula is C15H20N4O2. The van der Waals surface area contributed by atoms with Crippen molar-refractivity contribution in [2.24, 2.45) is 5.92 Å². The minimum absolute atomic E-state index is 0.0966. The first-order valence-electron chi connectivity index (χ1n) is 6.86. The number of aryl methyl sites for hydroxylation is 1. The van der Waals surface area contributed by atoms with Crippen molar-refractivity contribution < 1.29 is 9.53 Å². The lowest BCUT2D eigenvalue weighted by molar-refractivity contribution is 0.0456. The van der Waals surface area contributed by atoms with Gasteiger partial charge >= 0.3 is 5.97 Å². The number of rotatable bonds is 5. The van der Waals surface area contributed by atoms with E-state index in [9.17, 15) is 4.79 Å². The molecule has 1 aromatic carbocycles. The van der Waals surface area contributed by atoms with Gasteiger partial charge < -0.3 is 10.5 Å². The summed E-state index contributed by atoms with van der Waals surface area (Å²) in [6.07, 6.45) is 1.47. The van der Waals surface area contributed by atoms with Crippen LogP contribution < -0.4 is 5.73 Å². The second-order valence-electron chi connectivity index (χ2n) is 5.46. The van der Waals surface area contributed by atoms with Crippen LogP contribution in [0.1, 0.15) is 35.6 Å². The maximum absolute atomic E-state index is 12.0. The molecule has 2 N–H and O–H groups in total. The highest BCUT2D eigenvalue weighted by molar-refractivity contribution is 5.90. The summed E-state index contributed by atoms with van der Waals surface area (Å²) in [4.78, 5) is 16.2. The Bertz CT molecular complexity index is 614. The molecule has 0 spiro atoms. The average molecular weight is 288 g/mol. The van der Waals surface area contributed by atoms with Crippen LogP contribution in [0.2, 0.25) is 0 Å². The third-order valence-electron chi connectivity index (χ3n) is 2.90. The number of nitrogens with two attached hydrogens (primary N) is 1. The summed E-state index contributed by atoms with van der Waals surface area (Å²) >= 11 is 0. The smallest absolute Gasteiger partial charge is 0.338 e. The van der Waals surface area contributed by atoms with Crippen molar-refractivity contribution in [1.82, 2.24) is 14.8 Å². The van der Waals surface area contributed by atoms with E-state index in [-0.39, 0.29) is 6.61 Å². The SMILES string of the molecule is Cc1cc(N)cc(C(=O)OCc2ncnn2CC(C)C)c1. The highest BCUT2D eigenvalue weighted by atomic mass is 16.5. The van der Waals surface area contributed by atoms with Crippen molar-refractivity contribution in [2.45, 2.75) is 33.9 Å². The van der Waals surface area contributed by atoms with Crippen molar-refractivity contribution in [3.05, 3.63) is 41.5 Å². The van der Waals surface area contributed by atoms with Crippen molar-refractivity contribution >= 4 is 11.7 Å². The van der Waals surface area contributed by atoms with Gasteiger partial charge in [-0.1, -0.05) is 13.8 Å². The Morgan fingerprint density at radius 1 is 1.38 bits per heavy atom. The second kappa shape index (κ2) is 6.39. The molecule has 6 nitrogen and oxygen atoms in total. The zero-order valence-electron chi connectivity index (χ0n) is 12.5. The first-order chi connectivity index (χ1) is 9.95. The Balaban J connectivity index is 2.02. The van der Waals surface area contributed by atoms with E-state index in [0.29, 0.717) is 23.0 Å². The number of nitrogen functional groups attached to an aromatic ring is 1. The van der Waals surface area contributed by atoms with Crippen molar-refractivity contribution in [3.8, 4) is 0 Å². The van der Waals surface area contributed by atoms with Gasteiger partial charge in [-0.3, -0.25) is 0 Å². The van der Waals surface area contributed by atoms with Crippen LogP contribution in [0.15, 0.2) is 24.5 Å². The number of benzene rings is 1. The molecule has 0 aliphatic heterocycles. The Morgan fingerprint density at radius 2 is 2.14 bits per heavy atom. The fourth-order valence-corrected chi connectivity index (χ4v) is 2.04. The number of hydrogen-bond acceptors (Lipinski definition) is 5. The lowest BCUT2D eigenvalue weighted by Crippen LogP contribution is -2.13. The number of carbonyl (C=O) groups excluding carboxylic acids is 1. The minimum Gasteiger partial charge on any atom is -0.454 e. The number of hydrogen-bond donors (Lipinski definition) is 1. The maximum Gasteiger partial charge on any atom is 0.338 e. The van der Waals surface area contributed by atoms with Gasteiger partial charge in [-0.05, 0) is 36.6 Å². The minimum atomic E-state index is -0.413. The number of ether oxygens (including phenoxy) is 1. The second-order valence-corrected chi connectivity index (χ2v) is 5.46. The van der Waals surface area contributed by atoms with E-state index in [1.54, 1.807) is 22.9 Å². The molecule has 0 atom stereocenters. The summed E-state index contributed by atoms with van der Waals surface area (Å²) < 4.78 is 7.04. The summed E-state index contributed by atoms with van der Waals surface area (Å²) in [6, 6.07) is 5.15. The van der Waals surface area contributed by atoms with Crippen molar-refractivity contribution in [1.29, 1.82) is 0 Å². The molecular weight excluding hydrogens is 268 g/mol. The first-order valence-corrected chi connectivity index (χ1v) is 6.86. The molecule has 0 saturated carbocycles. The fraction of sp³-hybridized carbons (Fsp3) is 0.400. The van der Waals surface area contributed by atoms with Crippen LogP contribution in [-0.4, -0.2) is 20.7 Å². The summed E-state index contributed by atoms with van der Waals surface area (Å²) in [7, 11) is 0. The van der Waals surface area contributed by atoms with Gasteiger partial charge in [-0.25, -0.2) is 14.5 Å². The number of aromatic nitrogens is 3. The predicted molar refractivity (Wildman–Crippen MR) is 79.6 cm³/mol. The van der Waals surface area contributed by atoms with E-state index in [1.807, 2.05) is 6.92 Å². The molecule has 0 bridgehead atoms. The van der Waals surface area contributed by atoms with E-state index in [1.165, 1.54) is 6.33 Å². The quantitative estimate of drug-likeness (QED) is 0.673. The zero-order chi connectivity index (χ0) is 15.4. The van der Waals surface area contributed by atoms with Crippen LogP contribution in [0.3, 0.4) is 0 Å². The molecule has 2 aromatic rings. The Morgan fingerprint density at radius 3 is 2.81 bits per heavy atom. The molecule has 0 amide bonds. The van der Waals surface area contributed by atoms with Gasteiger partial charge in [0.25, 0.3) is 0 Å². The van der Waals surface area contributed by atoms with Gasteiger partial charge in [-0.2, -0.15) is 5.10 Å². The van der Waals surface area contributed by atoms with E-state index < -0.39 is 5.97 Å². The summed E-state index contributed by atoms with van der Waals surface area (Å²) in [5.41, 5.74) is 7.65. The predicted octanol–water partition coefficient (Wildman–Crippen LogP) is 2.18. The van der Waals surface area contributed by atoms with Crippen molar-refractivity contribution in [3.63, 3.8) is 0 Å². The molecule has 0 radical (unpaired) electrons. The van der Waals surface area contributed by atoms with Crippen LogP contribution in [-0.2, 0) is 17.9 Å². The van der Waals surface area contributed by atoms with Gasteiger partial charge in [-0.15, -0.1) is 0 Å². The Labute approximate surface area is 123 Å². The molecule has 0 fully saturated rings. The topological polar surface area (TPSA) is 83.0 Å². The third-order valence-corrected chi connectivity index (χ3v) is 2.90. The van der Waals surface area contributed by atoms with Crippen LogP contribution >= 0.6 is 0 Å². The molecule has 0 unspecified atom stereocenters. The molecule has 0 aliphatic rings. The fourth-order valence-electron chi connectivity index (χ4n) is 2.04. The molecule has 1 aromatic heterocycles. The maximum atomic E-state index is 12.0. The normalized spacial score (nSPS) is 10.9. The molecule has 1 heterocycles. The number of carbonyl (C=O) groups is 1. The summed E-state index contributed by atoms with van der Waals surface area (Å²) in [5.74, 6) is 0.667. The van der Waals surface area contributed by atoms with E-state index >= 15 is 0 Å². The lowest BCUT2D eigenvalue weighted by Gasteiger charge is -2.09. The van der Waals surface area contributed by atoms with E-state index in [2.05, 4.69) is 23.9 Å². The van der Waals surface area contributed by atoms with Gasteiger partial charge in [0.1, 0.15) is 6.33 Å². The van der Waals surface area contributed by atoms with E-state index in [4.69, 9.17) is 10.5 Å². The number of anilines is 1. The number of esters is 1. The molecule has 0 saturated heterocycles. The highest BCUT2D eigenvalue weighted by Crippen LogP contribution is 2.13. The highest BCUT2D eigenvalue weighted by Gasteiger charge is 2.12. The molecule has 112 valence electrons. The average Bonchev–Trinajstić information content (AvgIpc) is 2.81. The zero-order valence-corrected chi connectivity index (χ0v) is 12.5. The molecule has 21 heavy (non-hydrogen) atoms. The van der Waals surface area contributed by atoms with Gasteiger partial charge in [0.15, 0.2) is 12.4 Å².